The lowest BCUT2D eigenvalue weighted by Crippen LogP contribution is -2.63. The topological polar surface area (TPSA) is 139 Å². The van der Waals surface area contributed by atoms with Crippen molar-refractivity contribution in [3.63, 3.8) is 0 Å². The van der Waals surface area contributed by atoms with E-state index in [0.717, 1.165) is 11.3 Å². The maximum absolute atomic E-state index is 14.5. The quantitative estimate of drug-likeness (QED) is 0.0848. The van der Waals surface area contributed by atoms with E-state index in [9.17, 15) is 19.1 Å². The Balaban J connectivity index is 0.00000176. The number of hydrogen-bond acceptors (Lipinski definition) is 9. The normalized spacial score (nSPS) is 27.9. The van der Waals surface area contributed by atoms with Gasteiger partial charge in [-0.15, -0.1) is 0 Å². The number of aliphatic hydroxyl groups is 1. The maximum atomic E-state index is 14.5. The predicted octanol–water partition coefficient (Wildman–Crippen LogP) is 5.39. The molecule has 290 valence electrons. The Hall–Kier alpha value is -4.13. The largest absolute Gasteiger partial charge is 0.505 e. The first-order valence-electron chi connectivity index (χ1n) is 18.9. The number of piperazine rings is 1. The summed E-state index contributed by atoms with van der Waals surface area (Å²) in [6.45, 7) is 25.8. The third-order valence-corrected chi connectivity index (χ3v) is 10.4. The van der Waals surface area contributed by atoms with E-state index in [2.05, 4.69) is 28.4 Å². The molecule has 12 nitrogen and oxygen atoms in total. The summed E-state index contributed by atoms with van der Waals surface area (Å²) in [4.78, 5) is 43.9. The molecule has 3 aliphatic heterocycles. The minimum Gasteiger partial charge on any atom is -0.505 e. The van der Waals surface area contributed by atoms with E-state index < -0.39 is 17.9 Å². The summed E-state index contributed by atoms with van der Waals surface area (Å²) >= 11 is 0. The van der Waals surface area contributed by atoms with Crippen LogP contribution in [0.3, 0.4) is 0 Å². The average Bonchev–Trinajstić information content (AvgIpc) is 3.72. The number of halogens is 1. The van der Waals surface area contributed by atoms with Gasteiger partial charge in [0.25, 0.3) is 11.8 Å². The SMILES string of the molecule is C=C(NC1N(C)C(=O)C(N2CCN(C(=O)/C(N=CC)=C(\O)C(=C)C)CC2)=C(CC)N1CC(N)=NC1CC2(C1)CC2(C)F)C1=CCOCC1.CC.CC. The minimum atomic E-state index is -1.11. The molecular weight excluding hydrogens is 663 g/mol. The van der Waals surface area contributed by atoms with Gasteiger partial charge in [-0.25, -0.2) is 4.39 Å². The molecule has 3 fully saturated rings. The van der Waals surface area contributed by atoms with Crippen LogP contribution in [0.5, 0.6) is 0 Å². The van der Waals surface area contributed by atoms with E-state index in [-0.39, 0.29) is 35.4 Å². The molecule has 2 aliphatic carbocycles. The van der Waals surface area contributed by atoms with Crippen LogP contribution in [0, 0.1) is 5.41 Å². The molecule has 5 aliphatic rings. The van der Waals surface area contributed by atoms with E-state index in [1.54, 1.807) is 37.6 Å². The number of amides is 2. The van der Waals surface area contributed by atoms with Crippen LogP contribution in [-0.4, -0.2) is 120 Å². The molecule has 52 heavy (non-hydrogen) atoms. The van der Waals surface area contributed by atoms with E-state index >= 15 is 0 Å². The molecule has 4 N–H and O–H groups in total. The van der Waals surface area contributed by atoms with Gasteiger partial charge in [0.15, 0.2) is 12.0 Å². The highest BCUT2D eigenvalue weighted by Gasteiger charge is 2.71. The Bertz CT molecular complexity index is 1500. The van der Waals surface area contributed by atoms with Gasteiger partial charge in [-0.2, -0.15) is 0 Å². The van der Waals surface area contributed by atoms with E-state index in [0.29, 0.717) is 94.3 Å². The molecule has 0 aromatic heterocycles. The number of nitrogens with two attached hydrogens (primary N) is 1. The van der Waals surface area contributed by atoms with Gasteiger partial charge in [0.05, 0.1) is 25.8 Å². The highest BCUT2D eigenvalue weighted by molar-refractivity contribution is 5.96. The third kappa shape index (κ3) is 8.90. The molecule has 3 heterocycles. The van der Waals surface area contributed by atoms with Gasteiger partial charge in [-0.1, -0.05) is 53.9 Å². The minimum absolute atomic E-state index is 0.0139. The zero-order valence-corrected chi connectivity index (χ0v) is 33.0. The van der Waals surface area contributed by atoms with Crippen LogP contribution in [0.25, 0.3) is 0 Å². The van der Waals surface area contributed by atoms with Crippen LogP contribution in [0.2, 0.25) is 0 Å². The van der Waals surface area contributed by atoms with Crippen LogP contribution < -0.4 is 11.1 Å². The number of allylic oxidation sites excluding steroid dienone is 3. The summed E-state index contributed by atoms with van der Waals surface area (Å²) < 4.78 is 20.0. The number of alkyl halides is 1. The van der Waals surface area contributed by atoms with Gasteiger partial charge in [0, 0.05) is 56.3 Å². The van der Waals surface area contributed by atoms with Gasteiger partial charge in [-0.05, 0) is 64.0 Å². The molecule has 0 aromatic carbocycles. The first kappa shape index (κ1) is 42.3. The van der Waals surface area contributed by atoms with Gasteiger partial charge >= 0.3 is 0 Å². The fourth-order valence-corrected chi connectivity index (χ4v) is 7.37. The molecule has 0 bridgehead atoms. The van der Waals surface area contributed by atoms with Crippen molar-refractivity contribution in [2.75, 3.05) is 53.0 Å². The number of ether oxygens (including phenoxy) is 1. The predicted molar refractivity (Wildman–Crippen MR) is 207 cm³/mol. The zero-order chi connectivity index (χ0) is 39.0. The van der Waals surface area contributed by atoms with E-state index in [1.807, 2.05) is 45.6 Å². The Morgan fingerprint density at radius 1 is 1.19 bits per heavy atom. The standard InChI is InChI=1S/C35H51FN8O4.2C2H6/c1-8-26-29(42-12-14-43(15-13-42)31(46)28(38-9-2)30(45)22(3)4)32(47)41(7)33(39-23(5)24-10-16-48-17-11-24)44(26)20-27(37)40-25-18-35(19-25)21-34(35,6)36;2*1-2/h9-10,25,33,39,45H,3,5,8,11-21H2,1-2,4,6-7H3,(H2,37,40);2*1-2H3/b30-28+,38-9?;;. The second-order valence-corrected chi connectivity index (χ2v) is 13.7. The number of aliphatic imine (C=N–C) groups is 2. The number of aliphatic hydroxyl groups excluding tert-OH is 1. The Labute approximate surface area is 310 Å². The van der Waals surface area contributed by atoms with Crippen LogP contribution in [-0.2, 0) is 14.3 Å². The second kappa shape index (κ2) is 18.1. The summed E-state index contributed by atoms with van der Waals surface area (Å²) in [6, 6.07) is -0.0139. The van der Waals surface area contributed by atoms with Gasteiger partial charge < -0.3 is 40.5 Å². The Morgan fingerprint density at radius 2 is 1.81 bits per heavy atom. The molecule has 2 atom stereocenters. The van der Waals surface area contributed by atoms with Crippen molar-refractivity contribution in [1.29, 1.82) is 0 Å². The summed E-state index contributed by atoms with van der Waals surface area (Å²) in [7, 11) is 1.75. The summed E-state index contributed by atoms with van der Waals surface area (Å²) in [5.74, 6) is -0.356. The Morgan fingerprint density at radius 3 is 2.31 bits per heavy atom. The molecule has 2 unspecified atom stereocenters. The Kier molecular flexibility index (Phi) is 14.7. The molecule has 2 saturated carbocycles. The van der Waals surface area contributed by atoms with Gasteiger partial charge in [-0.3, -0.25) is 19.6 Å². The number of hydrogen-bond donors (Lipinski definition) is 3. The molecule has 13 heteroatoms. The number of amidine groups is 1. The molecular formula is C39H63FN8O4. The first-order valence-corrected chi connectivity index (χ1v) is 18.9. The highest BCUT2D eigenvalue weighted by atomic mass is 19.1. The van der Waals surface area contributed by atoms with Gasteiger partial charge in [0.2, 0.25) is 0 Å². The lowest BCUT2D eigenvalue weighted by atomic mass is 9.75. The van der Waals surface area contributed by atoms with E-state index in [4.69, 9.17) is 15.5 Å². The van der Waals surface area contributed by atoms with Crippen LogP contribution in [0.15, 0.2) is 68.9 Å². The van der Waals surface area contributed by atoms with Crippen LogP contribution >= 0.6 is 0 Å². The lowest BCUT2D eigenvalue weighted by molar-refractivity contribution is -0.137. The number of likely N-dealkylation sites (N-methyl/N-ethyl adjacent to an activating group) is 1. The third-order valence-electron chi connectivity index (χ3n) is 10.4. The summed E-state index contributed by atoms with van der Waals surface area (Å²) in [5, 5.41) is 14.0. The number of carbonyl (C=O) groups is 2. The van der Waals surface area contributed by atoms with Gasteiger partial charge in [0.1, 0.15) is 23.0 Å². The summed E-state index contributed by atoms with van der Waals surface area (Å²) in [5.41, 5.74) is 8.66. The smallest absolute Gasteiger partial charge is 0.276 e. The maximum Gasteiger partial charge on any atom is 0.276 e. The molecule has 1 saturated heterocycles. The van der Waals surface area contributed by atoms with Crippen molar-refractivity contribution < 1.29 is 23.8 Å². The van der Waals surface area contributed by atoms with Crippen molar-refractivity contribution in [3.05, 3.63) is 58.9 Å². The average molecular weight is 727 g/mol. The monoisotopic (exact) mass is 726 g/mol. The van der Waals surface area contributed by atoms with Crippen molar-refractivity contribution in [2.24, 2.45) is 21.1 Å². The zero-order valence-electron chi connectivity index (χ0n) is 33.0. The lowest BCUT2D eigenvalue weighted by Gasteiger charge is -2.49. The number of nitrogens with zero attached hydrogens (tertiary/aromatic N) is 6. The molecule has 2 amide bonds. The number of carbonyl (C=O) groups excluding carboxylic acids is 2. The van der Waals surface area contributed by atoms with Crippen molar-refractivity contribution >= 4 is 23.9 Å². The number of rotatable bonds is 11. The van der Waals surface area contributed by atoms with Crippen LogP contribution in [0.4, 0.5) is 4.39 Å². The molecule has 5 rings (SSSR count). The van der Waals surface area contributed by atoms with Crippen molar-refractivity contribution in [3.8, 4) is 0 Å². The molecule has 0 aromatic rings. The van der Waals surface area contributed by atoms with Crippen LogP contribution in [0.1, 0.15) is 87.5 Å². The number of nitrogens with one attached hydrogen (secondary N) is 1. The molecule has 0 radical (unpaired) electrons. The highest BCUT2D eigenvalue weighted by Crippen LogP contribution is 2.70. The van der Waals surface area contributed by atoms with Crippen molar-refractivity contribution in [1.82, 2.24) is 24.9 Å². The fraction of sp³-hybridized carbons (Fsp3) is 0.641. The second-order valence-electron chi connectivity index (χ2n) is 13.7. The first-order chi connectivity index (χ1) is 24.7. The molecule has 1 spiro atoms. The van der Waals surface area contributed by atoms with Crippen molar-refractivity contribution in [2.45, 2.75) is 105 Å². The van der Waals surface area contributed by atoms with E-state index in [1.165, 1.54) is 6.21 Å². The summed E-state index contributed by atoms with van der Waals surface area (Å²) in [6.07, 6.45) is 6.12. The fourth-order valence-electron chi connectivity index (χ4n) is 7.37.